The molecule has 2 aromatic rings. The first-order valence-corrected chi connectivity index (χ1v) is 7.76. The SMILES string of the molecule is Cc1ccc(-c2csc(NC(=O)[C@@H]3C[C@@H]3C)n2)c(C)c1. The zero-order chi connectivity index (χ0) is 14.3. The Labute approximate surface area is 123 Å². The van der Waals surface area contributed by atoms with Gasteiger partial charge < -0.3 is 5.32 Å². The predicted molar refractivity (Wildman–Crippen MR) is 82.9 cm³/mol. The maximum Gasteiger partial charge on any atom is 0.229 e. The quantitative estimate of drug-likeness (QED) is 0.926. The Morgan fingerprint density at radius 3 is 2.80 bits per heavy atom. The van der Waals surface area contributed by atoms with Gasteiger partial charge in [-0.2, -0.15) is 0 Å². The molecule has 3 nitrogen and oxygen atoms in total. The van der Waals surface area contributed by atoms with Gasteiger partial charge in [0.15, 0.2) is 5.13 Å². The van der Waals surface area contributed by atoms with Crippen LogP contribution in [-0.4, -0.2) is 10.9 Å². The molecule has 1 amide bonds. The summed E-state index contributed by atoms with van der Waals surface area (Å²) in [5.74, 6) is 0.816. The van der Waals surface area contributed by atoms with E-state index in [0.29, 0.717) is 11.0 Å². The highest BCUT2D eigenvalue weighted by molar-refractivity contribution is 7.14. The Morgan fingerprint density at radius 1 is 1.40 bits per heavy atom. The lowest BCUT2D eigenvalue weighted by molar-refractivity contribution is -0.117. The molecule has 1 aliphatic carbocycles. The van der Waals surface area contributed by atoms with Crippen molar-refractivity contribution in [3.05, 3.63) is 34.7 Å². The molecule has 4 heteroatoms. The fraction of sp³-hybridized carbons (Fsp3) is 0.375. The number of nitrogens with one attached hydrogen (secondary N) is 1. The molecule has 3 rings (SSSR count). The lowest BCUT2D eigenvalue weighted by atomic mass is 10.0. The lowest BCUT2D eigenvalue weighted by Gasteiger charge is -2.03. The molecule has 0 spiro atoms. The van der Waals surface area contributed by atoms with Crippen molar-refractivity contribution >= 4 is 22.4 Å². The zero-order valence-electron chi connectivity index (χ0n) is 11.9. The summed E-state index contributed by atoms with van der Waals surface area (Å²) in [6.45, 7) is 6.28. The molecule has 0 radical (unpaired) electrons. The largest absolute Gasteiger partial charge is 0.302 e. The van der Waals surface area contributed by atoms with Gasteiger partial charge in [0.05, 0.1) is 5.69 Å². The molecule has 1 heterocycles. The highest BCUT2D eigenvalue weighted by Crippen LogP contribution is 2.39. The number of rotatable bonds is 3. The third-order valence-corrected chi connectivity index (χ3v) is 4.60. The smallest absolute Gasteiger partial charge is 0.229 e. The van der Waals surface area contributed by atoms with Crippen molar-refractivity contribution in [3.63, 3.8) is 0 Å². The molecule has 0 saturated heterocycles. The maximum absolute atomic E-state index is 11.9. The van der Waals surface area contributed by atoms with Gasteiger partial charge in [0.1, 0.15) is 0 Å². The number of nitrogens with zero attached hydrogens (tertiary/aromatic N) is 1. The normalized spacial score (nSPS) is 20.8. The Morgan fingerprint density at radius 2 is 2.15 bits per heavy atom. The summed E-state index contributed by atoms with van der Waals surface area (Å²) in [7, 11) is 0. The van der Waals surface area contributed by atoms with Crippen molar-refractivity contribution in [2.75, 3.05) is 5.32 Å². The fourth-order valence-electron chi connectivity index (χ4n) is 2.44. The average Bonchev–Trinajstić information content (AvgIpc) is 2.95. The summed E-state index contributed by atoms with van der Waals surface area (Å²) in [6, 6.07) is 6.33. The van der Waals surface area contributed by atoms with Crippen molar-refractivity contribution in [3.8, 4) is 11.3 Å². The van der Waals surface area contributed by atoms with Crippen LogP contribution in [0.1, 0.15) is 24.5 Å². The van der Waals surface area contributed by atoms with Gasteiger partial charge in [0, 0.05) is 16.9 Å². The predicted octanol–water partition coefficient (Wildman–Crippen LogP) is 4.02. The van der Waals surface area contributed by atoms with Crippen LogP contribution in [0.3, 0.4) is 0 Å². The van der Waals surface area contributed by atoms with Crippen molar-refractivity contribution in [1.29, 1.82) is 0 Å². The summed E-state index contributed by atoms with van der Waals surface area (Å²) < 4.78 is 0. The highest BCUT2D eigenvalue weighted by Gasteiger charge is 2.39. The van der Waals surface area contributed by atoms with E-state index < -0.39 is 0 Å². The Hall–Kier alpha value is -1.68. The number of carbonyl (C=O) groups is 1. The number of aromatic nitrogens is 1. The van der Waals surface area contributed by atoms with Crippen LogP contribution in [0, 0.1) is 25.7 Å². The van der Waals surface area contributed by atoms with E-state index >= 15 is 0 Å². The maximum atomic E-state index is 11.9. The minimum atomic E-state index is 0.110. The molecule has 1 aromatic heterocycles. The molecule has 0 unspecified atom stereocenters. The van der Waals surface area contributed by atoms with E-state index in [9.17, 15) is 4.79 Å². The first kappa shape index (κ1) is 13.3. The van der Waals surface area contributed by atoms with Crippen molar-refractivity contribution in [1.82, 2.24) is 4.98 Å². The molecule has 0 bridgehead atoms. The number of benzene rings is 1. The molecule has 1 fully saturated rings. The van der Waals surface area contributed by atoms with Crippen LogP contribution in [0.25, 0.3) is 11.3 Å². The Bertz CT molecular complexity index is 662. The molecule has 1 aliphatic rings. The van der Waals surface area contributed by atoms with E-state index in [1.807, 2.05) is 5.38 Å². The van der Waals surface area contributed by atoms with Crippen LogP contribution >= 0.6 is 11.3 Å². The molecule has 104 valence electrons. The van der Waals surface area contributed by atoms with Crippen LogP contribution in [0.15, 0.2) is 23.6 Å². The van der Waals surface area contributed by atoms with Gasteiger partial charge in [-0.3, -0.25) is 4.79 Å². The van der Waals surface area contributed by atoms with Gasteiger partial charge in [0.25, 0.3) is 0 Å². The summed E-state index contributed by atoms with van der Waals surface area (Å²) in [4.78, 5) is 16.4. The van der Waals surface area contributed by atoms with E-state index in [1.54, 1.807) is 0 Å². The van der Waals surface area contributed by atoms with E-state index in [2.05, 4.69) is 49.3 Å². The van der Waals surface area contributed by atoms with Crippen molar-refractivity contribution < 1.29 is 4.79 Å². The van der Waals surface area contributed by atoms with E-state index in [-0.39, 0.29) is 11.8 Å². The minimum Gasteiger partial charge on any atom is -0.302 e. The van der Waals surface area contributed by atoms with Crippen molar-refractivity contribution in [2.45, 2.75) is 27.2 Å². The summed E-state index contributed by atoms with van der Waals surface area (Å²) >= 11 is 1.49. The van der Waals surface area contributed by atoms with Gasteiger partial charge >= 0.3 is 0 Å². The van der Waals surface area contributed by atoms with Gasteiger partial charge in [-0.25, -0.2) is 4.98 Å². The summed E-state index contributed by atoms with van der Waals surface area (Å²) in [6.07, 6.45) is 1.00. The molecule has 1 saturated carbocycles. The molecule has 1 N–H and O–H groups in total. The Kier molecular flexibility index (Phi) is 3.34. The van der Waals surface area contributed by atoms with E-state index in [1.165, 1.54) is 22.5 Å². The Balaban J connectivity index is 1.78. The van der Waals surface area contributed by atoms with Crippen LogP contribution in [-0.2, 0) is 4.79 Å². The monoisotopic (exact) mass is 286 g/mol. The standard InChI is InChI=1S/C16H18N2OS/c1-9-4-5-12(10(2)6-9)14-8-20-16(17-14)18-15(19)13-7-11(13)3/h4-6,8,11,13H,7H2,1-3H3,(H,17,18,19)/t11-,13+/m0/s1. The molecule has 0 aliphatic heterocycles. The second kappa shape index (κ2) is 5.02. The van der Waals surface area contributed by atoms with Gasteiger partial charge in [-0.15, -0.1) is 11.3 Å². The van der Waals surface area contributed by atoms with Crippen LogP contribution in [0.2, 0.25) is 0 Å². The first-order chi connectivity index (χ1) is 9.54. The van der Waals surface area contributed by atoms with E-state index in [4.69, 9.17) is 0 Å². The van der Waals surface area contributed by atoms with Crippen LogP contribution in [0.5, 0.6) is 0 Å². The number of amides is 1. The summed E-state index contributed by atoms with van der Waals surface area (Å²) in [5, 5.41) is 5.63. The molecule has 20 heavy (non-hydrogen) atoms. The molecular weight excluding hydrogens is 268 g/mol. The van der Waals surface area contributed by atoms with Crippen molar-refractivity contribution in [2.24, 2.45) is 11.8 Å². The van der Waals surface area contributed by atoms with Gasteiger partial charge in [0.2, 0.25) is 5.91 Å². The summed E-state index contributed by atoms with van der Waals surface area (Å²) in [5.41, 5.74) is 4.53. The minimum absolute atomic E-state index is 0.110. The van der Waals surface area contributed by atoms with Gasteiger partial charge in [-0.1, -0.05) is 30.7 Å². The average molecular weight is 286 g/mol. The number of carbonyl (C=O) groups excluding carboxylic acids is 1. The topological polar surface area (TPSA) is 42.0 Å². The second-order valence-electron chi connectivity index (χ2n) is 5.67. The number of aryl methyl sites for hydroxylation is 2. The lowest BCUT2D eigenvalue weighted by Crippen LogP contribution is -2.14. The van der Waals surface area contributed by atoms with E-state index in [0.717, 1.165) is 17.7 Å². The van der Waals surface area contributed by atoms with Crippen LogP contribution < -0.4 is 5.32 Å². The number of hydrogen-bond donors (Lipinski definition) is 1. The number of thiazole rings is 1. The molecule has 1 aromatic carbocycles. The highest BCUT2D eigenvalue weighted by atomic mass is 32.1. The fourth-order valence-corrected chi connectivity index (χ4v) is 3.15. The van der Waals surface area contributed by atoms with Crippen LogP contribution in [0.4, 0.5) is 5.13 Å². The third kappa shape index (κ3) is 2.61. The molecule has 2 atom stereocenters. The first-order valence-electron chi connectivity index (χ1n) is 6.88. The number of anilines is 1. The molecular formula is C16H18N2OS. The van der Waals surface area contributed by atoms with Gasteiger partial charge in [-0.05, 0) is 31.7 Å². The second-order valence-corrected chi connectivity index (χ2v) is 6.52. The third-order valence-electron chi connectivity index (χ3n) is 3.84. The zero-order valence-corrected chi connectivity index (χ0v) is 12.8. The number of hydrogen-bond acceptors (Lipinski definition) is 3.